The quantitative estimate of drug-likeness (QED) is 0.774. The van der Waals surface area contributed by atoms with Gasteiger partial charge in [-0.1, -0.05) is 46.3 Å². The first kappa shape index (κ1) is 14.0. The van der Waals surface area contributed by atoms with Crippen molar-refractivity contribution in [2.75, 3.05) is 32.1 Å². The topological polar surface area (TPSA) is 12.5 Å². The molecular formula is C15H22BrNO. The minimum absolute atomic E-state index is 0.422. The Morgan fingerprint density at radius 3 is 2.83 bits per heavy atom. The minimum Gasteiger partial charge on any atom is -0.380 e. The minimum atomic E-state index is 0.422. The fourth-order valence-corrected chi connectivity index (χ4v) is 3.23. The summed E-state index contributed by atoms with van der Waals surface area (Å²) >= 11 is 3.65. The lowest BCUT2D eigenvalue weighted by Gasteiger charge is -2.34. The van der Waals surface area contributed by atoms with Gasteiger partial charge in [0.1, 0.15) is 0 Å². The Hall–Kier alpha value is -0.380. The summed E-state index contributed by atoms with van der Waals surface area (Å²) in [7, 11) is 1.83. The third kappa shape index (κ3) is 3.81. The number of alkyl halides is 1. The predicted octanol–water partition coefficient (Wildman–Crippen LogP) is 3.28. The molecule has 18 heavy (non-hydrogen) atoms. The van der Waals surface area contributed by atoms with E-state index in [0.717, 1.165) is 18.4 Å². The molecular weight excluding hydrogens is 290 g/mol. The molecule has 2 rings (SSSR count). The van der Waals surface area contributed by atoms with E-state index >= 15 is 0 Å². The second kappa shape index (κ2) is 7.27. The Balaban J connectivity index is 1.94. The molecule has 1 aliphatic rings. The van der Waals surface area contributed by atoms with E-state index < -0.39 is 0 Å². The lowest BCUT2D eigenvalue weighted by molar-refractivity contribution is 0.0300. The van der Waals surface area contributed by atoms with Crippen molar-refractivity contribution >= 4 is 15.9 Å². The van der Waals surface area contributed by atoms with Crippen molar-refractivity contribution in [3.05, 3.63) is 35.9 Å². The van der Waals surface area contributed by atoms with Crippen LogP contribution in [0.15, 0.2) is 30.3 Å². The Labute approximate surface area is 118 Å². The molecule has 1 aromatic carbocycles. The highest BCUT2D eigenvalue weighted by Crippen LogP contribution is 2.22. The molecule has 1 fully saturated rings. The van der Waals surface area contributed by atoms with Crippen molar-refractivity contribution in [1.29, 1.82) is 0 Å². The number of nitrogens with zero attached hydrogens (tertiary/aromatic N) is 1. The predicted molar refractivity (Wildman–Crippen MR) is 79.4 cm³/mol. The molecule has 1 saturated heterocycles. The Morgan fingerprint density at radius 1 is 1.39 bits per heavy atom. The molecule has 0 amide bonds. The van der Waals surface area contributed by atoms with Crippen molar-refractivity contribution < 1.29 is 4.74 Å². The molecule has 2 unspecified atom stereocenters. The molecule has 1 aromatic rings. The number of rotatable bonds is 5. The zero-order valence-corrected chi connectivity index (χ0v) is 12.6. The van der Waals surface area contributed by atoms with Gasteiger partial charge in [-0.25, -0.2) is 0 Å². The van der Waals surface area contributed by atoms with Gasteiger partial charge in [-0.2, -0.15) is 0 Å². The van der Waals surface area contributed by atoms with Crippen LogP contribution >= 0.6 is 15.9 Å². The van der Waals surface area contributed by atoms with Crippen LogP contribution in [-0.4, -0.2) is 43.1 Å². The van der Waals surface area contributed by atoms with E-state index in [1.807, 2.05) is 7.11 Å². The monoisotopic (exact) mass is 311 g/mol. The molecule has 0 N–H and O–H groups in total. The van der Waals surface area contributed by atoms with Gasteiger partial charge in [-0.15, -0.1) is 0 Å². The Bertz CT molecular complexity index is 344. The molecule has 0 bridgehead atoms. The van der Waals surface area contributed by atoms with Gasteiger partial charge in [0.15, 0.2) is 0 Å². The molecule has 2 nitrogen and oxygen atoms in total. The summed E-state index contributed by atoms with van der Waals surface area (Å²) in [6, 6.07) is 10.8. The fourth-order valence-electron chi connectivity index (χ4n) is 2.65. The SMILES string of the molecule is COC1CCCN(CC(CBr)c2ccccc2)C1. The number of halogens is 1. The van der Waals surface area contributed by atoms with Crippen molar-refractivity contribution in [1.82, 2.24) is 4.90 Å². The first-order valence-corrected chi connectivity index (χ1v) is 7.81. The third-order valence-corrected chi connectivity index (χ3v) is 4.51. The zero-order valence-electron chi connectivity index (χ0n) is 11.0. The molecule has 0 aliphatic carbocycles. The van der Waals surface area contributed by atoms with Gasteiger partial charge in [0, 0.05) is 31.4 Å². The summed E-state index contributed by atoms with van der Waals surface area (Å²) < 4.78 is 5.49. The van der Waals surface area contributed by atoms with E-state index in [1.54, 1.807) is 0 Å². The Kier molecular flexibility index (Phi) is 5.67. The zero-order chi connectivity index (χ0) is 12.8. The number of likely N-dealkylation sites (tertiary alicyclic amines) is 1. The average molecular weight is 312 g/mol. The summed E-state index contributed by atoms with van der Waals surface area (Å²) in [5.41, 5.74) is 1.42. The van der Waals surface area contributed by atoms with Crippen molar-refractivity contribution in [2.24, 2.45) is 0 Å². The summed E-state index contributed by atoms with van der Waals surface area (Å²) in [6.45, 7) is 3.40. The summed E-state index contributed by atoms with van der Waals surface area (Å²) in [5, 5.41) is 1.02. The second-order valence-corrected chi connectivity index (χ2v) is 5.67. The number of hydrogen-bond acceptors (Lipinski definition) is 2. The maximum atomic E-state index is 5.49. The molecule has 0 saturated carbocycles. The number of hydrogen-bond donors (Lipinski definition) is 0. The number of piperidine rings is 1. The fraction of sp³-hybridized carbons (Fsp3) is 0.600. The first-order chi connectivity index (χ1) is 8.83. The third-order valence-electron chi connectivity index (χ3n) is 3.73. The van der Waals surface area contributed by atoms with Crippen LogP contribution in [0.5, 0.6) is 0 Å². The van der Waals surface area contributed by atoms with Crippen molar-refractivity contribution in [3.63, 3.8) is 0 Å². The molecule has 100 valence electrons. The number of benzene rings is 1. The van der Waals surface area contributed by atoms with E-state index in [2.05, 4.69) is 51.2 Å². The van der Waals surface area contributed by atoms with Gasteiger partial charge in [0.25, 0.3) is 0 Å². The van der Waals surface area contributed by atoms with Crippen LogP contribution in [0.3, 0.4) is 0 Å². The smallest absolute Gasteiger partial charge is 0.0698 e. The van der Waals surface area contributed by atoms with E-state index in [4.69, 9.17) is 4.74 Å². The van der Waals surface area contributed by atoms with Gasteiger partial charge >= 0.3 is 0 Å². The molecule has 0 spiro atoms. The van der Waals surface area contributed by atoms with Gasteiger partial charge in [0.2, 0.25) is 0 Å². The Morgan fingerprint density at radius 2 is 2.17 bits per heavy atom. The van der Waals surface area contributed by atoms with E-state index in [1.165, 1.54) is 24.9 Å². The molecule has 0 radical (unpaired) electrons. The van der Waals surface area contributed by atoms with Crippen molar-refractivity contribution in [2.45, 2.75) is 24.9 Å². The molecule has 0 aromatic heterocycles. The van der Waals surface area contributed by atoms with Gasteiger partial charge in [-0.3, -0.25) is 0 Å². The van der Waals surface area contributed by atoms with E-state index in [-0.39, 0.29) is 0 Å². The molecule has 2 atom stereocenters. The van der Waals surface area contributed by atoms with Crippen LogP contribution < -0.4 is 0 Å². The molecule has 1 aliphatic heterocycles. The first-order valence-electron chi connectivity index (χ1n) is 6.69. The largest absolute Gasteiger partial charge is 0.380 e. The summed E-state index contributed by atoms with van der Waals surface area (Å²) in [6.07, 6.45) is 2.88. The highest BCUT2D eigenvalue weighted by molar-refractivity contribution is 9.09. The number of ether oxygens (including phenoxy) is 1. The van der Waals surface area contributed by atoms with Crippen LogP contribution in [0.4, 0.5) is 0 Å². The molecule has 3 heteroatoms. The van der Waals surface area contributed by atoms with Gasteiger partial charge in [0.05, 0.1) is 6.10 Å². The van der Waals surface area contributed by atoms with Gasteiger partial charge in [-0.05, 0) is 24.9 Å². The van der Waals surface area contributed by atoms with Crippen LogP contribution in [-0.2, 0) is 4.74 Å². The molecule has 1 heterocycles. The van der Waals surface area contributed by atoms with Crippen LogP contribution in [0, 0.1) is 0 Å². The van der Waals surface area contributed by atoms with Crippen LogP contribution in [0.25, 0.3) is 0 Å². The second-order valence-electron chi connectivity index (χ2n) is 5.02. The van der Waals surface area contributed by atoms with Crippen LogP contribution in [0.2, 0.25) is 0 Å². The lowest BCUT2D eigenvalue weighted by atomic mass is 9.99. The average Bonchev–Trinajstić information content (AvgIpc) is 2.46. The van der Waals surface area contributed by atoms with Crippen molar-refractivity contribution in [3.8, 4) is 0 Å². The lowest BCUT2D eigenvalue weighted by Crippen LogP contribution is -2.41. The standard InChI is InChI=1S/C15H22BrNO/c1-18-15-8-5-9-17(12-15)11-14(10-16)13-6-3-2-4-7-13/h2-4,6-7,14-15H,5,8-12H2,1H3. The normalized spacial score (nSPS) is 22.9. The maximum absolute atomic E-state index is 5.49. The summed E-state index contributed by atoms with van der Waals surface area (Å²) in [5.74, 6) is 0.571. The van der Waals surface area contributed by atoms with E-state index in [0.29, 0.717) is 12.0 Å². The van der Waals surface area contributed by atoms with E-state index in [9.17, 15) is 0 Å². The van der Waals surface area contributed by atoms with Gasteiger partial charge < -0.3 is 9.64 Å². The maximum Gasteiger partial charge on any atom is 0.0698 e. The highest BCUT2D eigenvalue weighted by atomic mass is 79.9. The summed E-state index contributed by atoms with van der Waals surface area (Å²) in [4.78, 5) is 2.54. The highest BCUT2D eigenvalue weighted by Gasteiger charge is 2.22. The number of methoxy groups -OCH3 is 1. The van der Waals surface area contributed by atoms with Crippen LogP contribution in [0.1, 0.15) is 24.3 Å².